The largest absolute Gasteiger partial charge is 0.488 e. The molecule has 5 aromatic rings. The average Bonchev–Trinajstić information content (AvgIpc) is 4.20. The summed E-state index contributed by atoms with van der Waals surface area (Å²) in [6.45, 7) is 9.18. The van der Waals surface area contributed by atoms with Crippen molar-refractivity contribution >= 4 is 24.0 Å². The number of nitrogens with zero attached hydrogens (tertiary/aromatic N) is 4. The maximum absolute atomic E-state index is 14.5. The smallest absolute Gasteiger partial charge is 0.407 e. The molecule has 4 N–H and O–H groups in total. The van der Waals surface area contributed by atoms with Crippen LogP contribution < -0.4 is 15.4 Å². The number of aromatic amines is 2. The number of carbonyl (C=O) groups is 4. The third kappa shape index (κ3) is 8.91. The fourth-order valence-corrected chi connectivity index (χ4v) is 10.2. The van der Waals surface area contributed by atoms with Gasteiger partial charge in [0, 0.05) is 29.9 Å². The van der Waals surface area contributed by atoms with Crippen LogP contribution in [0.1, 0.15) is 123 Å². The van der Waals surface area contributed by atoms with Crippen LogP contribution in [-0.4, -0.2) is 87.1 Å². The number of hydrogen-bond acceptors (Lipinski definition) is 9. The van der Waals surface area contributed by atoms with Gasteiger partial charge in [-0.3, -0.25) is 9.59 Å². The van der Waals surface area contributed by atoms with Crippen molar-refractivity contribution in [2.45, 2.75) is 109 Å². The molecule has 4 aliphatic rings. The summed E-state index contributed by atoms with van der Waals surface area (Å²) in [5, 5.41) is 5.53. The molecule has 4 unspecified atom stereocenters. The van der Waals surface area contributed by atoms with E-state index >= 15 is 0 Å². The summed E-state index contributed by atoms with van der Waals surface area (Å²) in [5.74, 6) is 2.09. The molecule has 67 heavy (non-hydrogen) atoms. The molecule has 350 valence electrons. The lowest BCUT2D eigenvalue weighted by Crippen LogP contribution is -2.52. The van der Waals surface area contributed by atoms with Crippen LogP contribution in [0.5, 0.6) is 5.75 Å². The Balaban J connectivity index is 0.928. The highest BCUT2D eigenvalue weighted by Crippen LogP contribution is 2.46. The highest BCUT2D eigenvalue weighted by atomic mass is 16.5. The molecule has 15 heteroatoms. The minimum atomic E-state index is -0.905. The van der Waals surface area contributed by atoms with Gasteiger partial charge >= 0.3 is 12.2 Å². The van der Waals surface area contributed by atoms with Crippen molar-refractivity contribution < 1.29 is 33.4 Å². The molecule has 0 saturated carbocycles. The van der Waals surface area contributed by atoms with Crippen LogP contribution in [0.15, 0.2) is 72.9 Å². The SMILES string of the molecule is CCCN(C(=O)C(NC(=O)OC)C(C)C)C(C)c1ncc(-c2ccc3c(c2)COc2cc4c(cc2-3)CCc2[nH]c(C3CCCN3C(=O)C(NC(=O)OC)c3ccc(C5CC=CC5)cc3)nc2-4)[nH]1. The Labute approximate surface area is 391 Å². The van der Waals surface area contributed by atoms with Gasteiger partial charge < -0.3 is 44.6 Å². The van der Waals surface area contributed by atoms with Gasteiger partial charge in [0.05, 0.1) is 43.9 Å². The number of likely N-dealkylation sites (tertiary alicyclic amines) is 1. The average molecular weight is 909 g/mol. The van der Waals surface area contributed by atoms with Crippen molar-refractivity contribution in [3.05, 3.63) is 113 Å². The number of methoxy groups -OCH3 is 2. The first kappa shape index (κ1) is 45.3. The summed E-state index contributed by atoms with van der Waals surface area (Å²) < 4.78 is 16.3. The quantitative estimate of drug-likeness (QED) is 0.0838. The molecular formula is C52H60N8O7. The Morgan fingerprint density at radius 3 is 2.39 bits per heavy atom. The van der Waals surface area contributed by atoms with Crippen molar-refractivity contribution in [2.75, 3.05) is 27.3 Å². The monoisotopic (exact) mass is 908 g/mol. The summed E-state index contributed by atoms with van der Waals surface area (Å²) >= 11 is 0. The van der Waals surface area contributed by atoms with E-state index in [4.69, 9.17) is 24.2 Å². The number of H-pyrrole nitrogens is 2. The summed E-state index contributed by atoms with van der Waals surface area (Å²) in [6, 6.07) is 16.4. The van der Waals surface area contributed by atoms with E-state index in [9.17, 15) is 19.2 Å². The molecule has 3 aromatic carbocycles. The van der Waals surface area contributed by atoms with Crippen LogP contribution in [0.3, 0.4) is 0 Å². The lowest BCUT2D eigenvalue weighted by molar-refractivity contribution is -0.137. The van der Waals surface area contributed by atoms with Crippen molar-refractivity contribution in [1.82, 2.24) is 40.4 Å². The predicted octanol–water partition coefficient (Wildman–Crippen LogP) is 9.00. The van der Waals surface area contributed by atoms with E-state index in [2.05, 4.69) is 75.2 Å². The Bertz CT molecular complexity index is 2700. The molecule has 9 rings (SSSR count). The molecule has 4 atom stereocenters. The molecule has 1 fully saturated rings. The number of aryl methyl sites for hydroxylation is 2. The van der Waals surface area contributed by atoms with Crippen LogP contribution in [0, 0.1) is 5.92 Å². The number of benzene rings is 3. The van der Waals surface area contributed by atoms with Crippen molar-refractivity contribution in [2.24, 2.45) is 5.92 Å². The molecule has 2 aliphatic carbocycles. The van der Waals surface area contributed by atoms with Gasteiger partial charge in [-0.15, -0.1) is 0 Å². The number of aromatic nitrogens is 4. The Kier molecular flexibility index (Phi) is 12.9. The van der Waals surface area contributed by atoms with Crippen molar-refractivity contribution in [3.63, 3.8) is 0 Å². The van der Waals surface area contributed by atoms with Gasteiger partial charge in [-0.1, -0.05) is 69.3 Å². The van der Waals surface area contributed by atoms with E-state index in [1.54, 1.807) is 11.1 Å². The zero-order valence-corrected chi connectivity index (χ0v) is 39.1. The third-order valence-corrected chi connectivity index (χ3v) is 13.9. The van der Waals surface area contributed by atoms with Crippen LogP contribution in [0.25, 0.3) is 33.6 Å². The van der Waals surface area contributed by atoms with E-state index in [-0.39, 0.29) is 29.8 Å². The number of allylic oxidation sites excluding steroid dienone is 2. The number of alkyl carbamates (subject to hydrolysis) is 2. The zero-order chi connectivity index (χ0) is 46.9. The molecule has 1 saturated heterocycles. The predicted molar refractivity (Wildman–Crippen MR) is 253 cm³/mol. The lowest BCUT2D eigenvalue weighted by Gasteiger charge is -2.33. The van der Waals surface area contributed by atoms with E-state index in [1.165, 1.54) is 25.3 Å². The van der Waals surface area contributed by atoms with Gasteiger partial charge in [-0.05, 0) is 115 Å². The van der Waals surface area contributed by atoms with Crippen LogP contribution in [-0.2, 0) is 38.5 Å². The third-order valence-electron chi connectivity index (χ3n) is 13.9. The number of fused-ring (bicyclic) bond motifs is 6. The Morgan fingerprint density at radius 2 is 1.66 bits per heavy atom. The minimum Gasteiger partial charge on any atom is -0.488 e. The second kappa shape index (κ2) is 19.1. The van der Waals surface area contributed by atoms with Crippen LogP contribution >= 0.6 is 0 Å². The molecule has 4 amide bonds. The fourth-order valence-electron chi connectivity index (χ4n) is 10.2. The van der Waals surface area contributed by atoms with Crippen LogP contribution in [0.2, 0.25) is 0 Å². The molecule has 0 radical (unpaired) electrons. The van der Waals surface area contributed by atoms with Gasteiger partial charge in [-0.25, -0.2) is 19.6 Å². The fraction of sp³-hybridized carbons (Fsp3) is 0.423. The minimum absolute atomic E-state index is 0.145. The van der Waals surface area contributed by atoms with Crippen LogP contribution in [0.4, 0.5) is 9.59 Å². The molecular weight excluding hydrogens is 849 g/mol. The number of nitrogens with one attached hydrogen (secondary N) is 4. The number of hydrogen-bond donors (Lipinski definition) is 4. The molecule has 0 spiro atoms. The van der Waals surface area contributed by atoms with E-state index in [0.717, 1.165) is 101 Å². The summed E-state index contributed by atoms with van der Waals surface area (Å²) in [4.78, 5) is 73.6. The Morgan fingerprint density at radius 1 is 0.896 bits per heavy atom. The molecule has 2 aromatic heterocycles. The second-order valence-electron chi connectivity index (χ2n) is 18.4. The Hall–Kier alpha value is -6.90. The van der Waals surface area contributed by atoms with Gasteiger partial charge in [0.2, 0.25) is 5.91 Å². The van der Waals surface area contributed by atoms with Gasteiger partial charge in [0.25, 0.3) is 5.91 Å². The van der Waals surface area contributed by atoms with E-state index in [1.807, 2.05) is 44.7 Å². The van der Waals surface area contributed by atoms with Crippen molar-refractivity contribution in [3.8, 4) is 39.4 Å². The first-order valence-electron chi connectivity index (χ1n) is 23.6. The summed E-state index contributed by atoms with van der Waals surface area (Å²) in [7, 11) is 2.59. The van der Waals surface area contributed by atoms with E-state index in [0.29, 0.717) is 37.0 Å². The number of imidazole rings is 2. The second-order valence-corrected chi connectivity index (χ2v) is 18.4. The maximum atomic E-state index is 14.5. The molecule has 15 nitrogen and oxygen atoms in total. The standard InChI is InChI=1S/C52H60N8O7/c1-7-22-59(49(61)44(29(2)3)57-51(63)65-5)30(4)47-53-27-41(55-47)35-18-20-37-36(24-35)28-67-43-26-38-34(25-39(37)43)19-21-40-46(38)56-48(54-40)42-13-10-23-60(42)50(62)45(58-52(64)66-6)33-16-14-32(15-17-33)31-11-8-9-12-31/h8-9,14-18,20,24-27,29-31,42,44-45H,7,10-13,19,21-23,28H2,1-6H3,(H,53,55)(H,54,56)(H,57,63)(H,58,64). The molecule has 0 bridgehead atoms. The normalized spacial score (nSPS) is 17.4. The maximum Gasteiger partial charge on any atom is 0.407 e. The highest BCUT2D eigenvalue weighted by Gasteiger charge is 2.39. The van der Waals surface area contributed by atoms with Gasteiger partial charge in [0.15, 0.2) is 0 Å². The molecule has 2 aliphatic heterocycles. The highest BCUT2D eigenvalue weighted by molar-refractivity contribution is 5.88. The lowest BCUT2D eigenvalue weighted by atomic mass is 9.86. The van der Waals surface area contributed by atoms with Gasteiger partial charge in [0.1, 0.15) is 36.1 Å². The number of carbonyl (C=O) groups excluding carboxylic acids is 4. The first-order chi connectivity index (χ1) is 32.5. The first-order valence-corrected chi connectivity index (χ1v) is 23.6. The molecule has 4 heterocycles. The number of ether oxygens (including phenoxy) is 3. The summed E-state index contributed by atoms with van der Waals surface area (Å²) in [6.07, 6.45) is 10.8. The van der Waals surface area contributed by atoms with Crippen molar-refractivity contribution in [1.29, 1.82) is 0 Å². The summed E-state index contributed by atoms with van der Waals surface area (Å²) in [5.41, 5.74) is 11.0. The number of amides is 4. The van der Waals surface area contributed by atoms with Gasteiger partial charge in [-0.2, -0.15) is 0 Å². The van der Waals surface area contributed by atoms with E-state index < -0.39 is 24.3 Å². The topological polar surface area (TPSA) is 184 Å². The number of rotatable bonds is 13. The zero-order valence-electron chi connectivity index (χ0n) is 39.1.